The monoisotopic (exact) mass is 369 g/mol. The summed E-state index contributed by atoms with van der Waals surface area (Å²) >= 11 is 0. The van der Waals surface area contributed by atoms with E-state index in [9.17, 15) is 9.59 Å². The van der Waals surface area contributed by atoms with Gasteiger partial charge in [0.05, 0.1) is 20.3 Å². The predicted molar refractivity (Wildman–Crippen MR) is 105 cm³/mol. The van der Waals surface area contributed by atoms with Gasteiger partial charge in [-0.15, -0.1) is 0 Å². The zero-order valence-electron chi connectivity index (χ0n) is 16.4. The third kappa shape index (κ3) is 5.58. The van der Waals surface area contributed by atoms with E-state index in [2.05, 4.69) is 12.2 Å². The molecule has 144 valence electrons. The average Bonchev–Trinajstić information content (AvgIpc) is 2.71. The number of hydrogen-bond donors (Lipinski definition) is 1. The zero-order valence-corrected chi connectivity index (χ0v) is 16.4. The van der Waals surface area contributed by atoms with Crippen molar-refractivity contribution < 1.29 is 19.1 Å². The molecule has 0 heterocycles. The minimum absolute atomic E-state index is 0.0217. The van der Waals surface area contributed by atoms with Crippen LogP contribution in [0.1, 0.15) is 54.2 Å². The van der Waals surface area contributed by atoms with Crippen LogP contribution in [-0.2, 0) is 11.2 Å². The van der Waals surface area contributed by atoms with Gasteiger partial charge in [-0.1, -0.05) is 37.3 Å². The Morgan fingerprint density at radius 2 is 1.63 bits per heavy atom. The summed E-state index contributed by atoms with van der Waals surface area (Å²) in [6.07, 6.45) is 1.28. The fraction of sp³-hybridized carbons (Fsp3) is 0.364. The van der Waals surface area contributed by atoms with Gasteiger partial charge in [0.2, 0.25) is 5.91 Å². The number of ether oxygens (including phenoxy) is 2. The van der Waals surface area contributed by atoms with Crippen LogP contribution in [0.5, 0.6) is 11.5 Å². The number of ketones is 1. The maximum absolute atomic E-state index is 12.2. The molecule has 1 unspecified atom stereocenters. The van der Waals surface area contributed by atoms with Crippen molar-refractivity contribution in [3.63, 3.8) is 0 Å². The van der Waals surface area contributed by atoms with Gasteiger partial charge in [0.15, 0.2) is 17.3 Å². The number of Topliss-reactive ketones (excluding diaryl/α,β-unsaturated/α-hetero) is 1. The van der Waals surface area contributed by atoms with Gasteiger partial charge in [-0.2, -0.15) is 0 Å². The fourth-order valence-corrected chi connectivity index (χ4v) is 2.82. The van der Waals surface area contributed by atoms with Gasteiger partial charge in [-0.05, 0) is 36.6 Å². The molecule has 0 aliphatic heterocycles. The standard InChI is InChI=1S/C22H27NO4/c1-5-16-6-8-17(9-7-16)19(24)11-13-22(25)23-15(2)18-10-12-20(26-3)21(14-18)27-4/h6-10,12,14-15H,5,11,13H2,1-4H3,(H,23,25). The molecule has 2 aromatic carbocycles. The van der Waals surface area contributed by atoms with Crippen LogP contribution in [-0.4, -0.2) is 25.9 Å². The van der Waals surface area contributed by atoms with Crippen LogP contribution in [0.15, 0.2) is 42.5 Å². The molecule has 2 rings (SSSR count). The first-order chi connectivity index (χ1) is 13.0. The number of aryl methyl sites for hydroxylation is 1. The van der Waals surface area contributed by atoms with E-state index in [0.29, 0.717) is 17.1 Å². The summed E-state index contributed by atoms with van der Waals surface area (Å²) in [5, 5.41) is 2.92. The lowest BCUT2D eigenvalue weighted by Crippen LogP contribution is -2.27. The Hall–Kier alpha value is -2.82. The number of nitrogens with one attached hydrogen (secondary N) is 1. The van der Waals surface area contributed by atoms with E-state index < -0.39 is 0 Å². The molecular formula is C22H27NO4. The number of carbonyl (C=O) groups excluding carboxylic acids is 2. The van der Waals surface area contributed by atoms with Crippen LogP contribution < -0.4 is 14.8 Å². The zero-order chi connectivity index (χ0) is 19.8. The molecule has 0 radical (unpaired) electrons. The van der Waals surface area contributed by atoms with Crippen molar-refractivity contribution in [2.24, 2.45) is 0 Å². The second-order valence-electron chi connectivity index (χ2n) is 6.38. The minimum Gasteiger partial charge on any atom is -0.493 e. The maximum atomic E-state index is 12.2. The van der Waals surface area contributed by atoms with Crippen LogP contribution in [0.4, 0.5) is 0 Å². The third-order valence-electron chi connectivity index (χ3n) is 4.55. The predicted octanol–water partition coefficient (Wildman–Crippen LogP) is 4.11. The quantitative estimate of drug-likeness (QED) is 0.676. The van der Waals surface area contributed by atoms with Gasteiger partial charge in [0, 0.05) is 18.4 Å². The summed E-state index contributed by atoms with van der Waals surface area (Å²) in [7, 11) is 3.15. The van der Waals surface area contributed by atoms with E-state index in [1.807, 2.05) is 43.3 Å². The van der Waals surface area contributed by atoms with Crippen molar-refractivity contribution in [1.29, 1.82) is 0 Å². The second kappa shape index (κ2) is 9.76. The van der Waals surface area contributed by atoms with Gasteiger partial charge in [-0.25, -0.2) is 0 Å². The lowest BCUT2D eigenvalue weighted by molar-refractivity contribution is -0.121. The Bertz CT molecular complexity index is 783. The molecule has 0 aliphatic rings. The number of methoxy groups -OCH3 is 2. The molecule has 0 aromatic heterocycles. The number of carbonyl (C=O) groups is 2. The Labute approximate surface area is 160 Å². The van der Waals surface area contributed by atoms with Crippen molar-refractivity contribution >= 4 is 11.7 Å². The first-order valence-corrected chi connectivity index (χ1v) is 9.11. The van der Waals surface area contributed by atoms with Crippen molar-refractivity contribution in [2.45, 2.75) is 39.2 Å². The number of amides is 1. The smallest absolute Gasteiger partial charge is 0.220 e. The van der Waals surface area contributed by atoms with Crippen LogP contribution in [0.2, 0.25) is 0 Å². The maximum Gasteiger partial charge on any atom is 0.220 e. The molecule has 0 bridgehead atoms. The van der Waals surface area contributed by atoms with Crippen molar-refractivity contribution in [3.8, 4) is 11.5 Å². The minimum atomic E-state index is -0.198. The van der Waals surface area contributed by atoms with Crippen LogP contribution in [0, 0.1) is 0 Å². The molecule has 27 heavy (non-hydrogen) atoms. The lowest BCUT2D eigenvalue weighted by Gasteiger charge is -2.16. The van der Waals surface area contributed by atoms with Gasteiger partial charge in [0.25, 0.3) is 0 Å². The van der Waals surface area contributed by atoms with Gasteiger partial charge < -0.3 is 14.8 Å². The van der Waals surface area contributed by atoms with Gasteiger partial charge >= 0.3 is 0 Å². The molecule has 1 atom stereocenters. The van der Waals surface area contributed by atoms with E-state index in [1.165, 1.54) is 5.56 Å². The summed E-state index contributed by atoms with van der Waals surface area (Å²) in [5.74, 6) is 1.07. The van der Waals surface area contributed by atoms with Crippen molar-refractivity contribution in [2.75, 3.05) is 14.2 Å². The summed E-state index contributed by atoms with van der Waals surface area (Å²) < 4.78 is 10.5. The molecule has 0 fully saturated rings. The highest BCUT2D eigenvalue weighted by Crippen LogP contribution is 2.29. The Morgan fingerprint density at radius 3 is 2.22 bits per heavy atom. The van der Waals surface area contributed by atoms with Crippen LogP contribution >= 0.6 is 0 Å². The highest BCUT2D eigenvalue weighted by Gasteiger charge is 2.14. The molecule has 0 spiro atoms. The molecule has 0 saturated heterocycles. The van der Waals surface area contributed by atoms with E-state index >= 15 is 0 Å². The normalized spacial score (nSPS) is 11.6. The highest BCUT2D eigenvalue weighted by atomic mass is 16.5. The Kier molecular flexibility index (Phi) is 7.41. The van der Waals surface area contributed by atoms with E-state index in [1.54, 1.807) is 20.3 Å². The van der Waals surface area contributed by atoms with E-state index in [4.69, 9.17) is 9.47 Å². The largest absolute Gasteiger partial charge is 0.493 e. The molecular weight excluding hydrogens is 342 g/mol. The van der Waals surface area contributed by atoms with Gasteiger partial charge in [-0.3, -0.25) is 9.59 Å². The number of rotatable bonds is 9. The second-order valence-corrected chi connectivity index (χ2v) is 6.38. The SMILES string of the molecule is CCc1ccc(C(=O)CCC(=O)NC(C)c2ccc(OC)c(OC)c2)cc1. The van der Waals surface area contributed by atoms with Crippen LogP contribution in [0.25, 0.3) is 0 Å². The number of benzene rings is 2. The summed E-state index contributed by atoms with van der Waals surface area (Å²) in [4.78, 5) is 24.5. The summed E-state index contributed by atoms with van der Waals surface area (Å²) in [5.41, 5.74) is 2.74. The number of hydrogen-bond acceptors (Lipinski definition) is 4. The molecule has 0 saturated carbocycles. The molecule has 5 nitrogen and oxygen atoms in total. The van der Waals surface area contributed by atoms with E-state index in [-0.39, 0.29) is 30.6 Å². The lowest BCUT2D eigenvalue weighted by atomic mass is 10.0. The van der Waals surface area contributed by atoms with Crippen molar-refractivity contribution in [3.05, 3.63) is 59.2 Å². The third-order valence-corrected chi connectivity index (χ3v) is 4.55. The first-order valence-electron chi connectivity index (χ1n) is 9.11. The Balaban J connectivity index is 1.90. The summed E-state index contributed by atoms with van der Waals surface area (Å²) in [6.45, 7) is 3.96. The van der Waals surface area contributed by atoms with E-state index in [0.717, 1.165) is 12.0 Å². The average molecular weight is 369 g/mol. The molecule has 5 heteroatoms. The van der Waals surface area contributed by atoms with Crippen LogP contribution in [0.3, 0.4) is 0 Å². The molecule has 0 aliphatic carbocycles. The first kappa shape index (κ1) is 20.5. The topological polar surface area (TPSA) is 64.6 Å². The summed E-state index contributed by atoms with van der Waals surface area (Å²) in [6, 6.07) is 12.9. The molecule has 1 N–H and O–H groups in total. The van der Waals surface area contributed by atoms with Gasteiger partial charge in [0.1, 0.15) is 0 Å². The molecule has 2 aromatic rings. The molecule has 1 amide bonds. The fourth-order valence-electron chi connectivity index (χ4n) is 2.82. The van der Waals surface area contributed by atoms with Crippen molar-refractivity contribution in [1.82, 2.24) is 5.32 Å². The Morgan fingerprint density at radius 1 is 0.963 bits per heavy atom. The highest BCUT2D eigenvalue weighted by molar-refractivity contribution is 5.98.